The third-order valence-corrected chi connectivity index (χ3v) is 5.57. The zero-order valence-electron chi connectivity index (χ0n) is 16.1. The van der Waals surface area contributed by atoms with E-state index in [-0.39, 0.29) is 18.0 Å². The Morgan fingerprint density at radius 2 is 2.07 bits per heavy atom. The number of urea groups is 1. The summed E-state index contributed by atoms with van der Waals surface area (Å²) in [6.07, 6.45) is 2.49. The lowest BCUT2D eigenvalue weighted by molar-refractivity contribution is 0.102. The van der Waals surface area contributed by atoms with E-state index < -0.39 is 0 Å². The minimum absolute atomic E-state index is 0.112. The van der Waals surface area contributed by atoms with Gasteiger partial charge in [0.2, 0.25) is 5.01 Å². The van der Waals surface area contributed by atoms with E-state index in [1.54, 1.807) is 12.0 Å². The first kappa shape index (κ1) is 20.2. The number of hydrogen-bond donors (Lipinski definition) is 2. The van der Waals surface area contributed by atoms with Gasteiger partial charge in [-0.05, 0) is 38.3 Å². The molecule has 8 nitrogen and oxygen atoms in total. The average Bonchev–Trinajstić information content (AvgIpc) is 3.36. The van der Waals surface area contributed by atoms with Crippen LogP contribution in [-0.2, 0) is 4.74 Å². The maximum atomic E-state index is 12.5. The van der Waals surface area contributed by atoms with E-state index in [4.69, 9.17) is 4.74 Å². The van der Waals surface area contributed by atoms with Gasteiger partial charge in [0.15, 0.2) is 0 Å². The number of methoxy groups -OCH3 is 1. The maximum absolute atomic E-state index is 12.5. The van der Waals surface area contributed by atoms with Crippen LogP contribution in [0.3, 0.4) is 0 Å². The lowest BCUT2D eigenvalue weighted by atomic mass is 10.2. The molecule has 2 heterocycles. The second-order valence-corrected chi connectivity index (χ2v) is 7.70. The molecule has 0 spiro atoms. The average molecular weight is 404 g/mol. The second kappa shape index (κ2) is 9.61. The molecule has 3 amide bonds. The Hall–Kier alpha value is -2.52. The van der Waals surface area contributed by atoms with Gasteiger partial charge in [0.1, 0.15) is 5.01 Å². The summed E-state index contributed by atoms with van der Waals surface area (Å²) < 4.78 is 4.99. The summed E-state index contributed by atoms with van der Waals surface area (Å²) in [7, 11) is 1.64. The van der Waals surface area contributed by atoms with Crippen molar-refractivity contribution < 1.29 is 14.3 Å². The molecule has 9 heteroatoms. The number of aromatic nitrogens is 2. The molecule has 150 valence electrons. The van der Waals surface area contributed by atoms with Crippen molar-refractivity contribution in [1.82, 2.24) is 20.4 Å². The van der Waals surface area contributed by atoms with Gasteiger partial charge in [-0.15, -0.1) is 10.2 Å². The first-order valence-electron chi connectivity index (χ1n) is 9.33. The van der Waals surface area contributed by atoms with Crippen molar-refractivity contribution in [2.45, 2.75) is 32.2 Å². The maximum Gasteiger partial charge on any atom is 0.317 e. The van der Waals surface area contributed by atoms with Gasteiger partial charge < -0.3 is 20.3 Å². The Labute approximate surface area is 168 Å². The van der Waals surface area contributed by atoms with Crippen LogP contribution in [0.4, 0.5) is 10.5 Å². The van der Waals surface area contributed by atoms with E-state index in [0.29, 0.717) is 35.4 Å². The smallest absolute Gasteiger partial charge is 0.317 e. The van der Waals surface area contributed by atoms with E-state index >= 15 is 0 Å². The van der Waals surface area contributed by atoms with Crippen LogP contribution >= 0.6 is 11.3 Å². The minimum Gasteiger partial charge on any atom is -0.385 e. The third-order valence-electron chi connectivity index (χ3n) is 4.54. The number of rotatable bonds is 7. The molecule has 2 aromatic rings. The van der Waals surface area contributed by atoms with Crippen molar-refractivity contribution >= 4 is 29.0 Å². The molecule has 0 aliphatic carbocycles. The topological polar surface area (TPSA) is 96.4 Å². The molecule has 1 aromatic carbocycles. The Morgan fingerprint density at radius 1 is 1.29 bits per heavy atom. The number of amides is 3. The molecule has 2 N–H and O–H groups in total. The number of aryl methyl sites for hydroxylation is 1. The number of nitrogens with one attached hydrogen (secondary N) is 2. The summed E-state index contributed by atoms with van der Waals surface area (Å²) in [5, 5.41) is 14.9. The zero-order valence-corrected chi connectivity index (χ0v) is 16.9. The van der Waals surface area contributed by atoms with Gasteiger partial charge in [-0.3, -0.25) is 4.79 Å². The van der Waals surface area contributed by atoms with E-state index in [9.17, 15) is 9.59 Å². The van der Waals surface area contributed by atoms with E-state index in [1.165, 1.54) is 11.3 Å². The van der Waals surface area contributed by atoms with Crippen LogP contribution in [0.25, 0.3) is 0 Å². The number of carbonyl (C=O) groups is 2. The van der Waals surface area contributed by atoms with Crippen LogP contribution in [0, 0.1) is 6.92 Å². The summed E-state index contributed by atoms with van der Waals surface area (Å²) in [6.45, 7) is 3.84. The number of ether oxygens (including phenoxy) is 1. The number of benzene rings is 1. The normalized spacial score (nSPS) is 16.2. The van der Waals surface area contributed by atoms with Gasteiger partial charge in [0.05, 0.1) is 6.04 Å². The summed E-state index contributed by atoms with van der Waals surface area (Å²) in [5.74, 6) is -0.291. The van der Waals surface area contributed by atoms with Gasteiger partial charge in [-0.25, -0.2) is 4.79 Å². The van der Waals surface area contributed by atoms with Crippen LogP contribution in [0.15, 0.2) is 24.3 Å². The van der Waals surface area contributed by atoms with Crippen LogP contribution in [-0.4, -0.2) is 53.8 Å². The molecule has 1 fully saturated rings. The largest absolute Gasteiger partial charge is 0.385 e. The summed E-state index contributed by atoms with van der Waals surface area (Å²) >= 11 is 1.24. The van der Waals surface area contributed by atoms with Gasteiger partial charge >= 0.3 is 6.03 Å². The molecule has 3 rings (SSSR count). The molecule has 0 bridgehead atoms. The Kier molecular flexibility index (Phi) is 6.94. The molecule has 0 saturated carbocycles. The third kappa shape index (κ3) is 5.05. The van der Waals surface area contributed by atoms with Crippen molar-refractivity contribution in [2.75, 3.05) is 32.1 Å². The fourth-order valence-electron chi connectivity index (χ4n) is 3.06. The van der Waals surface area contributed by atoms with Crippen LogP contribution < -0.4 is 10.6 Å². The van der Waals surface area contributed by atoms with Crippen LogP contribution in [0.5, 0.6) is 0 Å². The highest BCUT2D eigenvalue weighted by Crippen LogP contribution is 2.33. The zero-order chi connectivity index (χ0) is 19.9. The molecule has 1 atom stereocenters. The molecule has 1 aliphatic rings. The summed E-state index contributed by atoms with van der Waals surface area (Å²) in [4.78, 5) is 26.7. The standard InChI is InChI=1S/C19H25N5O3S/c1-13-6-8-14(9-7-13)21-16(25)18-23-22-17(28-18)15-5-3-11-24(15)19(26)20-10-4-12-27-2/h6-9,15H,3-5,10-12H2,1-2H3,(H,20,26)(H,21,25). The van der Waals surface area contributed by atoms with Crippen molar-refractivity contribution in [3.63, 3.8) is 0 Å². The lowest BCUT2D eigenvalue weighted by Crippen LogP contribution is -2.40. The Balaban J connectivity index is 1.60. The number of hydrogen-bond acceptors (Lipinski definition) is 6. The molecule has 1 aromatic heterocycles. The highest BCUT2D eigenvalue weighted by molar-refractivity contribution is 7.13. The predicted molar refractivity (Wildman–Crippen MR) is 108 cm³/mol. The molecular formula is C19H25N5O3S. The molecular weight excluding hydrogens is 378 g/mol. The van der Waals surface area contributed by atoms with Crippen molar-refractivity contribution in [1.29, 1.82) is 0 Å². The second-order valence-electron chi connectivity index (χ2n) is 6.70. The van der Waals surface area contributed by atoms with E-state index in [0.717, 1.165) is 24.8 Å². The number of likely N-dealkylation sites (tertiary alicyclic amines) is 1. The van der Waals surface area contributed by atoms with E-state index in [2.05, 4.69) is 20.8 Å². The van der Waals surface area contributed by atoms with Gasteiger partial charge in [0.25, 0.3) is 5.91 Å². The monoisotopic (exact) mass is 403 g/mol. The molecule has 1 unspecified atom stereocenters. The number of anilines is 1. The summed E-state index contributed by atoms with van der Waals surface area (Å²) in [5.41, 5.74) is 1.84. The van der Waals surface area contributed by atoms with Crippen LogP contribution in [0.2, 0.25) is 0 Å². The SMILES string of the molecule is COCCCNC(=O)N1CCCC1c1nnc(C(=O)Nc2ccc(C)cc2)s1. The highest BCUT2D eigenvalue weighted by atomic mass is 32.1. The fraction of sp³-hybridized carbons (Fsp3) is 0.474. The lowest BCUT2D eigenvalue weighted by Gasteiger charge is -2.23. The van der Waals surface area contributed by atoms with Gasteiger partial charge in [0, 0.05) is 32.5 Å². The van der Waals surface area contributed by atoms with Gasteiger partial charge in [-0.2, -0.15) is 0 Å². The Morgan fingerprint density at radius 3 is 2.82 bits per heavy atom. The highest BCUT2D eigenvalue weighted by Gasteiger charge is 2.33. The minimum atomic E-state index is -0.291. The number of carbonyl (C=O) groups excluding carboxylic acids is 2. The quantitative estimate of drug-likeness (QED) is 0.693. The number of nitrogens with zero attached hydrogens (tertiary/aromatic N) is 3. The van der Waals surface area contributed by atoms with Crippen LogP contribution in [0.1, 0.15) is 45.7 Å². The van der Waals surface area contributed by atoms with E-state index in [1.807, 2.05) is 31.2 Å². The molecule has 1 aliphatic heterocycles. The Bertz CT molecular complexity index is 808. The predicted octanol–water partition coefficient (Wildman–Crippen LogP) is 2.98. The first-order valence-corrected chi connectivity index (χ1v) is 10.1. The summed E-state index contributed by atoms with van der Waals surface area (Å²) in [6, 6.07) is 7.31. The molecule has 28 heavy (non-hydrogen) atoms. The van der Waals surface area contributed by atoms with Crippen molar-refractivity contribution in [3.05, 3.63) is 39.8 Å². The van der Waals surface area contributed by atoms with Crippen molar-refractivity contribution in [3.8, 4) is 0 Å². The molecule has 1 saturated heterocycles. The van der Waals surface area contributed by atoms with Crippen molar-refractivity contribution in [2.24, 2.45) is 0 Å². The van der Waals surface area contributed by atoms with Gasteiger partial charge in [-0.1, -0.05) is 29.0 Å². The molecule has 0 radical (unpaired) electrons. The fourth-order valence-corrected chi connectivity index (χ4v) is 3.95. The first-order chi connectivity index (χ1) is 13.6.